The van der Waals surface area contributed by atoms with Crippen molar-refractivity contribution in [2.45, 2.75) is 6.92 Å². The van der Waals surface area contributed by atoms with Crippen molar-refractivity contribution in [2.24, 2.45) is 5.10 Å². The maximum absolute atomic E-state index is 6.14. The summed E-state index contributed by atoms with van der Waals surface area (Å²) < 4.78 is 5.41. The number of anilines is 1. The number of thiazole rings is 1. The molecule has 5 nitrogen and oxygen atoms in total. The van der Waals surface area contributed by atoms with Crippen molar-refractivity contribution in [3.05, 3.63) is 75.3 Å². The monoisotopic (exact) mass is 428 g/mol. The molecule has 0 atom stereocenters. The van der Waals surface area contributed by atoms with Crippen LogP contribution in [0.2, 0.25) is 10.0 Å². The van der Waals surface area contributed by atoms with Crippen LogP contribution in [-0.2, 0) is 0 Å². The standard InChI is InChI=1S/C20H14Cl2N4OS/c1-12-18(19(26-27-12)13-6-3-2-4-7-13)17-11-28-20(24-17)25-23-10-14-15(21)8-5-9-16(14)22/h2-11H,1H3,(H,24,25)/b23-10-. The van der Waals surface area contributed by atoms with Crippen molar-refractivity contribution in [3.63, 3.8) is 0 Å². The fourth-order valence-corrected chi connectivity index (χ4v) is 3.84. The Hall–Kier alpha value is -2.67. The van der Waals surface area contributed by atoms with Gasteiger partial charge in [-0.05, 0) is 19.1 Å². The smallest absolute Gasteiger partial charge is 0.203 e. The summed E-state index contributed by atoms with van der Waals surface area (Å²) in [5.74, 6) is 0.710. The van der Waals surface area contributed by atoms with Crippen LogP contribution in [0.3, 0.4) is 0 Å². The number of nitrogens with zero attached hydrogens (tertiary/aromatic N) is 3. The highest BCUT2D eigenvalue weighted by Gasteiger charge is 2.19. The minimum absolute atomic E-state index is 0.533. The van der Waals surface area contributed by atoms with Crippen LogP contribution in [0.5, 0.6) is 0 Å². The van der Waals surface area contributed by atoms with Gasteiger partial charge in [0.25, 0.3) is 0 Å². The van der Waals surface area contributed by atoms with Crippen molar-refractivity contribution in [1.82, 2.24) is 10.1 Å². The number of benzene rings is 2. The normalized spacial score (nSPS) is 11.2. The molecule has 4 aromatic rings. The molecule has 0 unspecified atom stereocenters. The van der Waals surface area contributed by atoms with E-state index in [9.17, 15) is 0 Å². The van der Waals surface area contributed by atoms with Gasteiger partial charge in [0.1, 0.15) is 11.5 Å². The summed E-state index contributed by atoms with van der Waals surface area (Å²) in [7, 11) is 0. The predicted molar refractivity (Wildman–Crippen MR) is 115 cm³/mol. The van der Waals surface area contributed by atoms with Crippen LogP contribution in [0.15, 0.2) is 63.5 Å². The van der Waals surface area contributed by atoms with E-state index in [-0.39, 0.29) is 0 Å². The first-order chi connectivity index (χ1) is 13.6. The summed E-state index contributed by atoms with van der Waals surface area (Å²) in [5.41, 5.74) is 6.95. The second-order valence-corrected chi connectivity index (χ2v) is 7.54. The molecule has 0 amide bonds. The fraction of sp³-hybridized carbons (Fsp3) is 0.0500. The summed E-state index contributed by atoms with van der Waals surface area (Å²) in [6.45, 7) is 1.87. The van der Waals surface area contributed by atoms with Crippen LogP contribution >= 0.6 is 34.5 Å². The molecule has 0 fully saturated rings. The Kier molecular flexibility index (Phi) is 5.43. The molecule has 0 spiro atoms. The van der Waals surface area contributed by atoms with E-state index in [1.165, 1.54) is 11.3 Å². The van der Waals surface area contributed by atoms with E-state index < -0.39 is 0 Å². The van der Waals surface area contributed by atoms with Crippen molar-refractivity contribution in [2.75, 3.05) is 5.43 Å². The average Bonchev–Trinajstić information content (AvgIpc) is 3.31. The molecule has 4 rings (SSSR count). The molecule has 0 aliphatic carbocycles. The fourth-order valence-electron chi connectivity index (χ4n) is 2.69. The second kappa shape index (κ2) is 8.14. The Labute approximate surface area is 175 Å². The second-order valence-electron chi connectivity index (χ2n) is 5.87. The van der Waals surface area contributed by atoms with Gasteiger partial charge >= 0.3 is 0 Å². The van der Waals surface area contributed by atoms with Crippen LogP contribution in [0.25, 0.3) is 22.5 Å². The topological polar surface area (TPSA) is 63.3 Å². The lowest BCUT2D eigenvalue weighted by molar-refractivity contribution is 0.400. The van der Waals surface area contributed by atoms with Crippen molar-refractivity contribution < 1.29 is 4.52 Å². The van der Waals surface area contributed by atoms with E-state index >= 15 is 0 Å². The van der Waals surface area contributed by atoms with Gasteiger partial charge in [-0.15, -0.1) is 11.3 Å². The summed E-state index contributed by atoms with van der Waals surface area (Å²) in [6.07, 6.45) is 1.58. The molecule has 28 heavy (non-hydrogen) atoms. The molecular formula is C20H14Cl2N4OS. The Morgan fingerprint density at radius 2 is 1.82 bits per heavy atom. The number of halogens is 2. The number of hydrazone groups is 1. The van der Waals surface area contributed by atoms with Gasteiger partial charge in [-0.1, -0.05) is 64.8 Å². The van der Waals surface area contributed by atoms with E-state index in [0.717, 1.165) is 22.5 Å². The van der Waals surface area contributed by atoms with Gasteiger partial charge in [0, 0.05) is 16.5 Å². The summed E-state index contributed by atoms with van der Waals surface area (Å²) >= 11 is 13.7. The molecule has 0 radical (unpaired) electrons. The molecule has 2 heterocycles. The number of aromatic nitrogens is 2. The molecular weight excluding hydrogens is 415 g/mol. The van der Waals surface area contributed by atoms with E-state index in [1.807, 2.05) is 42.6 Å². The maximum Gasteiger partial charge on any atom is 0.203 e. The van der Waals surface area contributed by atoms with E-state index in [0.29, 0.717) is 26.5 Å². The number of hydrogen-bond donors (Lipinski definition) is 1. The van der Waals surface area contributed by atoms with Crippen LogP contribution < -0.4 is 5.43 Å². The number of aryl methyl sites for hydroxylation is 1. The third-order valence-corrected chi connectivity index (χ3v) is 5.43. The molecule has 0 saturated carbocycles. The highest BCUT2D eigenvalue weighted by molar-refractivity contribution is 7.14. The van der Waals surface area contributed by atoms with E-state index in [4.69, 9.17) is 27.7 Å². The van der Waals surface area contributed by atoms with Gasteiger partial charge in [-0.3, -0.25) is 5.43 Å². The van der Waals surface area contributed by atoms with Gasteiger partial charge in [0.15, 0.2) is 0 Å². The molecule has 2 aromatic heterocycles. The van der Waals surface area contributed by atoms with E-state index in [2.05, 4.69) is 20.7 Å². The zero-order chi connectivity index (χ0) is 19.5. The van der Waals surface area contributed by atoms with Crippen molar-refractivity contribution in [3.8, 4) is 22.5 Å². The van der Waals surface area contributed by atoms with Crippen molar-refractivity contribution >= 4 is 45.9 Å². The van der Waals surface area contributed by atoms with Gasteiger partial charge < -0.3 is 4.52 Å². The lowest BCUT2D eigenvalue weighted by Gasteiger charge is -2.00. The SMILES string of the molecule is Cc1onc(-c2ccccc2)c1-c1csc(N/N=C\c2c(Cl)cccc2Cl)n1. The van der Waals surface area contributed by atoms with E-state index in [1.54, 1.807) is 24.4 Å². The molecule has 0 bridgehead atoms. The first-order valence-electron chi connectivity index (χ1n) is 8.34. The highest BCUT2D eigenvalue weighted by Crippen LogP contribution is 2.35. The number of hydrogen-bond acceptors (Lipinski definition) is 6. The zero-order valence-electron chi connectivity index (χ0n) is 14.7. The molecule has 1 N–H and O–H groups in total. The number of nitrogens with one attached hydrogen (secondary N) is 1. The van der Waals surface area contributed by atoms with Gasteiger partial charge in [0.2, 0.25) is 5.13 Å². The third-order valence-electron chi connectivity index (χ3n) is 4.02. The molecule has 0 aliphatic rings. The summed E-state index contributed by atoms with van der Waals surface area (Å²) in [4.78, 5) is 4.60. The Morgan fingerprint density at radius 1 is 1.07 bits per heavy atom. The average molecular weight is 429 g/mol. The zero-order valence-corrected chi connectivity index (χ0v) is 17.0. The minimum atomic E-state index is 0.533. The largest absolute Gasteiger partial charge is 0.360 e. The Bertz CT molecular complexity index is 1120. The molecule has 2 aromatic carbocycles. The first kappa shape index (κ1) is 18.7. The van der Waals surface area contributed by atoms with Crippen LogP contribution in [0, 0.1) is 6.92 Å². The first-order valence-corrected chi connectivity index (χ1v) is 9.97. The summed E-state index contributed by atoms with van der Waals surface area (Å²) in [5, 5.41) is 12.0. The van der Waals surface area contributed by atoms with Gasteiger partial charge in [-0.25, -0.2) is 4.98 Å². The lowest BCUT2D eigenvalue weighted by Crippen LogP contribution is -1.92. The molecule has 140 valence electrons. The van der Waals surface area contributed by atoms with Gasteiger partial charge in [0.05, 0.1) is 27.5 Å². The molecule has 0 saturated heterocycles. The lowest BCUT2D eigenvalue weighted by atomic mass is 10.0. The van der Waals surface area contributed by atoms with Crippen LogP contribution in [0.4, 0.5) is 5.13 Å². The molecule has 8 heteroatoms. The highest BCUT2D eigenvalue weighted by atomic mass is 35.5. The summed E-state index contributed by atoms with van der Waals surface area (Å²) in [6, 6.07) is 15.2. The van der Waals surface area contributed by atoms with Crippen LogP contribution in [-0.4, -0.2) is 16.4 Å². The number of rotatable bonds is 5. The molecule has 0 aliphatic heterocycles. The maximum atomic E-state index is 6.14. The Balaban J connectivity index is 1.58. The predicted octanol–water partition coefficient (Wildman–Crippen LogP) is 6.53. The minimum Gasteiger partial charge on any atom is -0.360 e. The third kappa shape index (κ3) is 3.80. The Morgan fingerprint density at radius 3 is 2.57 bits per heavy atom. The van der Waals surface area contributed by atoms with Crippen molar-refractivity contribution in [1.29, 1.82) is 0 Å². The van der Waals surface area contributed by atoms with Gasteiger partial charge in [-0.2, -0.15) is 5.10 Å². The quantitative estimate of drug-likeness (QED) is 0.290. The van der Waals surface area contributed by atoms with Crippen LogP contribution in [0.1, 0.15) is 11.3 Å².